The molecule has 5 rings (SSSR count). The number of hydrogen-bond donors (Lipinski definition) is 3. The molecule has 0 saturated carbocycles. The zero-order valence-electron chi connectivity index (χ0n) is 22.1. The van der Waals surface area contributed by atoms with Crippen LogP contribution in [0.2, 0.25) is 0 Å². The van der Waals surface area contributed by atoms with E-state index in [4.69, 9.17) is 19.7 Å². The number of ether oxygens (including phenoxy) is 1. The first-order valence-corrected chi connectivity index (χ1v) is 13.9. The van der Waals surface area contributed by atoms with Crippen LogP contribution in [0, 0.1) is 11.8 Å². The Morgan fingerprint density at radius 2 is 1.89 bits per heavy atom. The number of carbonyl (C=O) groups excluding carboxylic acids is 1. The van der Waals surface area contributed by atoms with E-state index in [0.29, 0.717) is 11.8 Å². The molecule has 3 aliphatic heterocycles. The van der Waals surface area contributed by atoms with E-state index in [2.05, 4.69) is 22.9 Å². The normalized spacial score (nSPS) is 24.5. The molecule has 3 unspecified atom stereocenters. The second kappa shape index (κ2) is 12.1. The number of hydrogen-bond acceptors (Lipinski definition) is 6. The summed E-state index contributed by atoms with van der Waals surface area (Å²) in [5.74, 6) is 2.49. The van der Waals surface area contributed by atoms with Gasteiger partial charge in [-0.15, -0.1) is 0 Å². The second-order valence-electron chi connectivity index (χ2n) is 10.8. The number of benzene rings is 1. The third-order valence-electron chi connectivity index (χ3n) is 8.13. The SMILES string of the molecule is CNC(=O)Nc1ccc(-c2nc(C3CCCOCCC3C)nc3c2C=NC(CC2CCNCC2)C3)cc1. The van der Waals surface area contributed by atoms with Gasteiger partial charge in [0, 0.05) is 55.6 Å². The Morgan fingerprint density at radius 3 is 2.68 bits per heavy atom. The lowest BCUT2D eigenvalue weighted by atomic mass is 9.85. The number of aliphatic imine (C=N–C) groups is 1. The smallest absolute Gasteiger partial charge is 0.318 e. The van der Waals surface area contributed by atoms with Crippen LogP contribution in [0.15, 0.2) is 29.3 Å². The van der Waals surface area contributed by atoms with Crippen molar-refractivity contribution in [2.75, 3.05) is 38.7 Å². The molecule has 1 aromatic carbocycles. The number of rotatable bonds is 5. The minimum Gasteiger partial charge on any atom is -0.381 e. The number of nitrogens with one attached hydrogen (secondary N) is 3. The van der Waals surface area contributed by atoms with Crippen molar-refractivity contribution in [3.63, 3.8) is 0 Å². The molecule has 0 radical (unpaired) electrons. The van der Waals surface area contributed by atoms with Gasteiger partial charge in [-0.05, 0) is 75.6 Å². The molecular weight excluding hydrogens is 464 g/mol. The lowest BCUT2D eigenvalue weighted by Crippen LogP contribution is -2.31. The fourth-order valence-electron chi connectivity index (χ4n) is 5.87. The highest BCUT2D eigenvalue weighted by atomic mass is 16.5. The Morgan fingerprint density at radius 1 is 1.08 bits per heavy atom. The highest BCUT2D eigenvalue weighted by Gasteiger charge is 2.29. The Labute approximate surface area is 220 Å². The van der Waals surface area contributed by atoms with Gasteiger partial charge < -0.3 is 20.7 Å². The van der Waals surface area contributed by atoms with Crippen molar-refractivity contribution in [3.05, 3.63) is 41.3 Å². The highest BCUT2D eigenvalue weighted by molar-refractivity contribution is 5.92. The first kappa shape index (κ1) is 25.8. The van der Waals surface area contributed by atoms with E-state index in [1.807, 2.05) is 30.5 Å². The summed E-state index contributed by atoms with van der Waals surface area (Å²) >= 11 is 0. The summed E-state index contributed by atoms with van der Waals surface area (Å²) in [6.45, 7) is 6.15. The largest absolute Gasteiger partial charge is 0.381 e. The van der Waals surface area contributed by atoms with E-state index in [-0.39, 0.29) is 12.1 Å². The van der Waals surface area contributed by atoms with Crippen molar-refractivity contribution >= 4 is 17.9 Å². The molecule has 2 aromatic rings. The van der Waals surface area contributed by atoms with Gasteiger partial charge in [0.25, 0.3) is 0 Å². The van der Waals surface area contributed by atoms with E-state index in [0.717, 1.165) is 98.4 Å². The maximum Gasteiger partial charge on any atom is 0.318 e. The number of piperidine rings is 1. The van der Waals surface area contributed by atoms with Crippen LogP contribution in [0.3, 0.4) is 0 Å². The van der Waals surface area contributed by atoms with Crippen LogP contribution >= 0.6 is 0 Å². The Kier molecular flexibility index (Phi) is 8.46. The zero-order valence-corrected chi connectivity index (χ0v) is 22.1. The molecule has 2 saturated heterocycles. The second-order valence-corrected chi connectivity index (χ2v) is 10.8. The first-order valence-electron chi connectivity index (χ1n) is 13.9. The van der Waals surface area contributed by atoms with Crippen LogP contribution in [0.4, 0.5) is 10.5 Å². The van der Waals surface area contributed by atoms with Crippen molar-refractivity contribution in [2.24, 2.45) is 16.8 Å². The first-order chi connectivity index (χ1) is 18.1. The molecule has 8 nitrogen and oxygen atoms in total. The minimum absolute atomic E-state index is 0.233. The van der Waals surface area contributed by atoms with Gasteiger partial charge >= 0.3 is 6.03 Å². The van der Waals surface area contributed by atoms with E-state index < -0.39 is 0 Å². The number of anilines is 1. The van der Waals surface area contributed by atoms with Gasteiger partial charge in [-0.1, -0.05) is 19.1 Å². The summed E-state index contributed by atoms with van der Waals surface area (Å²) in [4.78, 5) is 27.2. The van der Waals surface area contributed by atoms with Gasteiger partial charge in [0.2, 0.25) is 0 Å². The van der Waals surface area contributed by atoms with Crippen LogP contribution in [0.5, 0.6) is 0 Å². The molecule has 37 heavy (non-hydrogen) atoms. The molecule has 2 fully saturated rings. The average Bonchev–Trinajstić information content (AvgIpc) is 2.91. The van der Waals surface area contributed by atoms with Crippen LogP contribution in [0.25, 0.3) is 11.3 Å². The molecular formula is C29H40N6O2. The molecule has 3 atom stereocenters. The molecule has 3 N–H and O–H groups in total. The van der Waals surface area contributed by atoms with Crippen molar-refractivity contribution in [2.45, 2.75) is 63.8 Å². The average molecular weight is 505 g/mol. The lowest BCUT2D eigenvalue weighted by Gasteiger charge is -2.29. The van der Waals surface area contributed by atoms with Gasteiger partial charge in [0.05, 0.1) is 17.4 Å². The van der Waals surface area contributed by atoms with E-state index in [1.165, 1.54) is 12.8 Å². The molecule has 0 bridgehead atoms. The van der Waals surface area contributed by atoms with Gasteiger partial charge in [-0.2, -0.15) is 0 Å². The Balaban J connectivity index is 1.47. The Hall–Kier alpha value is -2.84. The van der Waals surface area contributed by atoms with Crippen molar-refractivity contribution in [1.29, 1.82) is 0 Å². The third-order valence-corrected chi connectivity index (χ3v) is 8.13. The predicted molar refractivity (Wildman–Crippen MR) is 147 cm³/mol. The van der Waals surface area contributed by atoms with Crippen molar-refractivity contribution in [3.8, 4) is 11.3 Å². The van der Waals surface area contributed by atoms with Crippen LogP contribution in [-0.2, 0) is 11.2 Å². The van der Waals surface area contributed by atoms with Gasteiger partial charge in [-0.3, -0.25) is 4.99 Å². The minimum atomic E-state index is -0.233. The summed E-state index contributed by atoms with van der Waals surface area (Å²) in [5.41, 5.74) is 4.88. The van der Waals surface area contributed by atoms with E-state index in [1.54, 1.807) is 7.05 Å². The molecule has 3 aliphatic rings. The van der Waals surface area contributed by atoms with E-state index in [9.17, 15) is 4.79 Å². The summed E-state index contributed by atoms with van der Waals surface area (Å²) in [5, 5.41) is 8.90. The number of nitrogens with zero attached hydrogens (tertiary/aromatic N) is 3. The maximum atomic E-state index is 11.7. The molecule has 0 aliphatic carbocycles. The van der Waals surface area contributed by atoms with Gasteiger partial charge in [-0.25, -0.2) is 14.8 Å². The summed E-state index contributed by atoms with van der Waals surface area (Å²) in [7, 11) is 1.61. The standard InChI is InChI=1S/C29H40N6O2/c1-19-11-15-37-14-3-4-24(19)28-34-26-17-23(16-20-9-12-31-13-10-20)32-18-25(26)27(35-28)21-5-7-22(8-6-21)33-29(36)30-2/h5-8,18-20,23-24,31H,3-4,9-17H2,1-2H3,(H2,30,33,36). The number of aromatic nitrogens is 2. The summed E-state index contributed by atoms with van der Waals surface area (Å²) in [6.07, 6.45) is 9.60. The molecule has 8 heteroatoms. The summed E-state index contributed by atoms with van der Waals surface area (Å²) in [6, 6.07) is 7.96. The van der Waals surface area contributed by atoms with Gasteiger partial charge in [0.1, 0.15) is 5.82 Å². The molecule has 1 aromatic heterocycles. The third kappa shape index (κ3) is 6.36. The van der Waals surface area contributed by atoms with Crippen molar-refractivity contribution < 1.29 is 9.53 Å². The predicted octanol–water partition coefficient (Wildman–Crippen LogP) is 4.55. The molecule has 2 amide bonds. The fraction of sp³-hybridized carbons (Fsp3) is 0.586. The highest BCUT2D eigenvalue weighted by Crippen LogP contribution is 2.35. The monoisotopic (exact) mass is 504 g/mol. The number of urea groups is 1. The lowest BCUT2D eigenvalue weighted by molar-refractivity contribution is 0.0955. The quantitative estimate of drug-likeness (QED) is 0.555. The van der Waals surface area contributed by atoms with Crippen molar-refractivity contribution in [1.82, 2.24) is 20.6 Å². The van der Waals surface area contributed by atoms with E-state index >= 15 is 0 Å². The topological polar surface area (TPSA) is 101 Å². The van der Waals surface area contributed by atoms with Gasteiger partial charge in [0.15, 0.2) is 0 Å². The van der Waals surface area contributed by atoms with Crippen LogP contribution < -0.4 is 16.0 Å². The summed E-state index contributed by atoms with van der Waals surface area (Å²) < 4.78 is 5.75. The molecule has 0 spiro atoms. The zero-order chi connectivity index (χ0) is 25.6. The number of amides is 2. The van der Waals surface area contributed by atoms with Crippen LogP contribution in [0.1, 0.15) is 68.4 Å². The maximum absolute atomic E-state index is 11.7. The molecule has 4 heterocycles. The molecule has 198 valence electrons. The fourth-order valence-corrected chi connectivity index (χ4v) is 5.87. The van der Waals surface area contributed by atoms with Crippen LogP contribution in [-0.4, -0.2) is 61.6 Å². The number of carbonyl (C=O) groups is 1. The Bertz CT molecular complexity index is 1100. The number of fused-ring (bicyclic) bond motifs is 1.